The summed E-state index contributed by atoms with van der Waals surface area (Å²) >= 11 is 8.72. The van der Waals surface area contributed by atoms with Gasteiger partial charge in [-0.1, -0.05) is 12.1 Å². The average Bonchev–Trinajstić information content (AvgIpc) is 2.52. The predicted octanol–water partition coefficient (Wildman–Crippen LogP) is 1.93. The lowest BCUT2D eigenvalue weighted by atomic mass is 10.2. The van der Waals surface area contributed by atoms with Crippen LogP contribution in [0, 0.1) is 0 Å². The maximum Gasteiger partial charge on any atom is 0.0970 e. The minimum atomic E-state index is 0.0605. The molecule has 0 atom stereocenters. The van der Waals surface area contributed by atoms with Crippen molar-refractivity contribution in [3.05, 3.63) is 29.8 Å². The van der Waals surface area contributed by atoms with Gasteiger partial charge in [0, 0.05) is 58.7 Å². The molecule has 1 saturated heterocycles. The molecule has 22 heavy (non-hydrogen) atoms. The van der Waals surface area contributed by atoms with Gasteiger partial charge in [0.25, 0.3) is 0 Å². The number of anilines is 1. The topological polar surface area (TPSA) is 22.1 Å². The molecule has 1 aromatic carbocycles. The van der Waals surface area contributed by atoms with Crippen LogP contribution in [0.5, 0.6) is 0 Å². The number of nitrogens with zero attached hydrogens (tertiary/aromatic N) is 4. The van der Waals surface area contributed by atoms with Crippen LogP contribution in [0.1, 0.15) is 5.56 Å². The Bertz CT molecular complexity index is 466. The van der Waals surface area contributed by atoms with Crippen molar-refractivity contribution in [2.75, 3.05) is 58.3 Å². The van der Waals surface area contributed by atoms with Gasteiger partial charge >= 0.3 is 0 Å². The quantitative estimate of drug-likeness (QED) is 0.470. The van der Waals surface area contributed by atoms with E-state index in [4.69, 9.17) is 0 Å². The fourth-order valence-electron chi connectivity index (χ4n) is 2.45. The van der Waals surface area contributed by atoms with Crippen LogP contribution in [-0.4, -0.2) is 74.1 Å². The van der Waals surface area contributed by atoms with E-state index in [1.807, 2.05) is 20.3 Å². The van der Waals surface area contributed by atoms with Gasteiger partial charge < -0.3 is 4.90 Å². The van der Waals surface area contributed by atoms with Gasteiger partial charge in [-0.25, -0.2) is 0 Å². The number of rotatable bonds is 6. The molecule has 1 aliphatic heterocycles. The van der Waals surface area contributed by atoms with Crippen molar-refractivity contribution < 1.29 is 0 Å². The Morgan fingerprint density at radius 1 is 1.14 bits per heavy atom. The molecule has 1 heterocycles. The van der Waals surface area contributed by atoms with E-state index in [0.29, 0.717) is 0 Å². The molecule has 1 aromatic rings. The van der Waals surface area contributed by atoms with Crippen LogP contribution in [0.25, 0.3) is 0 Å². The van der Waals surface area contributed by atoms with Gasteiger partial charge in [-0.05, 0) is 17.7 Å². The summed E-state index contributed by atoms with van der Waals surface area (Å²) in [5.41, 5.74) is 2.37. The second-order valence-corrected chi connectivity index (χ2v) is 7.13. The first-order valence-electron chi connectivity index (χ1n) is 7.66. The second-order valence-electron chi connectivity index (χ2n) is 5.75. The molecule has 0 aromatic heterocycles. The van der Waals surface area contributed by atoms with Crippen LogP contribution < -0.4 is 4.90 Å². The van der Waals surface area contributed by atoms with Crippen LogP contribution in [0.15, 0.2) is 29.3 Å². The van der Waals surface area contributed by atoms with Crippen molar-refractivity contribution in [2.45, 2.75) is 4.71 Å². The van der Waals surface area contributed by atoms with Crippen molar-refractivity contribution in [3.8, 4) is 0 Å². The SMILES string of the molecule is CN(C)c1ccc(C=NCCN2CCN(C(S)S)CC2)cc1. The smallest absolute Gasteiger partial charge is 0.0970 e. The summed E-state index contributed by atoms with van der Waals surface area (Å²) in [6.45, 7) is 6.08. The van der Waals surface area contributed by atoms with E-state index in [-0.39, 0.29) is 4.71 Å². The molecule has 122 valence electrons. The van der Waals surface area contributed by atoms with E-state index in [9.17, 15) is 0 Å². The Morgan fingerprint density at radius 3 is 2.32 bits per heavy atom. The summed E-state index contributed by atoms with van der Waals surface area (Å²) in [6.07, 6.45) is 1.97. The highest BCUT2D eigenvalue weighted by Crippen LogP contribution is 2.12. The molecule has 0 saturated carbocycles. The van der Waals surface area contributed by atoms with Gasteiger partial charge in [-0.2, -0.15) is 0 Å². The maximum atomic E-state index is 4.54. The molecule has 4 nitrogen and oxygen atoms in total. The fraction of sp³-hybridized carbons (Fsp3) is 0.562. The van der Waals surface area contributed by atoms with Crippen molar-refractivity contribution >= 4 is 37.2 Å². The molecule has 0 spiro atoms. The van der Waals surface area contributed by atoms with Crippen molar-refractivity contribution in [2.24, 2.45) is 4.99 Å². The van der Waals surface area contributed by atoms with E-state index in [2.05, 4.69) is 69.2 Å². The summed E-state index contributed by atoms with van der Waals surface area (Å²) in [4.78, 5) is 11.4. The largest absolute Gasteiger partial charge is 0.378 e. The van der Waals surface area contributed by atoms with Crippen LogP contribution in [0.2, 0.25) is 0 Å². The lowest BCUT2D eigenvalue weighted by molar-refractivity contribution is 0.146. The molecule has 0 aliphatic carbocycles. The molecule has 0 amide bonds. The molecule has 1 fully saturated rings. The number of hydrogen-bond acceptors (Lipinski definition) is 6. The maximum absolute atomic E-state index is 4.54. The Morgan fingerprint density at radius 2 is 1.77 bits per heavy atom. The first-order valence-corrected chi connectivity index (χ1v) is 8.69. The van der Waals surface area contributed by atoms with Crippen LogP contribution in [-0.2, 0) is 0 Å². The summed E-state index contributed by atoms with van der Waals surface area (Å²) in [6, 6.07) is 8.45. The van der Waals surface area contributed by atoms with E-state index < -0.39 is 0 Å². The highest BCUT2D eigenvalue weighted by Gasteiger charge is 2.18. The van der Waals surface area contributed by atoms with E-state index in [1.54, 1.807) is 0 Å². The highest BCUT2D eigenvalue weighted by atomic mass is 32.2. The third kappa shape index (κ3) is 5.50. The number of benzene rings is 1. The molecule has 2 rings (SSSR count). The molecular formula is C16H26N4S2. The van der Waals surface area contributed by atoms with Crippen molar-refractivity contribution in [1.29, 1.82) is 0 Å². The lowest BCUT2D eigenvalue weighted by Crippen LogP contribution is -2.48. The zero-order valence-corrected chi connectivity index (χ0v) is 15.2. The van der Waals surface area contributed by atoms with Gasteiger partial charge in [0.2, 0.25) is 0 Å². The zero-order chi connectivity index (χ0) is 15.9. The van der Waals surface area contributed by atoms with Gasteiger partial charge in [0.1, 0.15) is 0 Å². The first-order chi connectivity index (χ1) is 10.6. The van der Waals surface area contributed by atoms with Gasteiger partial charge in [-0.15, -0.1) is 25.3 Å². The second kappa shape index (κ2) is 8.82. The average molecular weight is 339 g/mol. The Labute approximate surface area is 145 Å². The van der Waals surface area contributed by atoms with E-state index in [1.165, 1.54) is 5.69 Å². The van der Waals surface area contributed by atoms with Gasteiger partial charge in [0.05, 0.1) is 11.3 Å². The summed E-state index contributed by atoms with van der Waals surface area (Å²) in [5.74, 6) is 0. The molecule has 0 unspecified atom stereocenters. The Balaban J connectivity index is 1.70. The molecule has 0 radical (unpaired) electrons. The zero-order valence-electron chi connectivity index (χ0n) is 13.4. The van der Waals surface area contributed by atoms with Gasteiger partial charge in [-0.3, -0.25) is 14.8 Å². The van der Waals surface area contributed by atoms with Crippen molar-refractivity contribution in [1.82, 2.24) is 9.80 Å². The summed E-state index contributed by atoms with van der Waals surface area (Å²) in [7, 11) is 4.10. The molecule has 6 heteroatoms. The summed E-state index contributed by atoms with van der Waals surface area (Å²) in [5, 5.41) is 0. The van der Waals surface area contributed by atoms with Crippen LogP contribution in [0.4, 0.5) is 5.69 Å². The predicted molar refractivity (Wildman–Crippen MR) is 103 cm³/mol. The minimum absolute atomic E-state index is 0.0605. The van der Waals surface area contributed by atoms with Gasteiger partial charge in [0.15, 0.2) is 0 Å². The molecule has 0 bridgehead atoms. The van der Waals surface area contributed by atoms with Crippen LogP contribution >= 0.6 is 25.3 Å². The number of piperazine rings is 1. The summed E-state index contributed by atoms with van der Waals surface area (Å²) < 4.78 is 0.0605. The lowest BCUT2D eigenvalue weighted by Gasteiger charge is -2.35. The number of thiol groups is 2. The minimum Gasteiger partial charge on any atom is -0.378 e. The fourth-order valence-corrected chi connectivity index (χ4v) is 2.91. The van der Waals surface area contributed by atoms with Crippen molar-refractivity contribution in [3.63, 3.8) is 0 Å². The highest BCUT2D eigenvalue weighted by molar-refractivity contribution is 7.99. The molecule has 0 N–H and O–H groups in total. The number of aliphatic imine (C=N–C) groups is 1. The molecular weight excluding hydrogens is 312 g/mol. The molecule has 1 aliphatic rings. The Hall–Kier alpha value is -0.690. The number of hydrogen-bond donors (Lipinski definition) is 2. The van der Waals surface area contributed by atoms with E-state index in [0.717, 1.165) is 44.8 Å². The standard InChI is InChI=1S/C16H26N4S2/c1-18(2)15-5-3-14(4-6-15)13-17-7-8-19-9-11-20(12-10-19)16(21)22/h3-6,13,16,21-22H,7-12H2,1-2H3. The normalized spacial score (nSPS) is 17.5. The van der Waals surface area contributed by atoms with Crippen LogP contribution in [0.3, 0.4) is 0 Å². The third-order valence-electron chi connectivity index (χ3n) is 3.93. The third-order valence-corrected chi connectivity index (χ3v) is 4.58. The Kier molecular flexibility index (Phi) is 7.08. The monoisotopic (exact) mass is 338 g/mol. The first kappa shape index (κ1) is 17.7. The van der Waals surface area contributed by atoms with E-state index >= 15 is 0 Å².